The molecule has 1 aromatic carbocycles. The second-order valence-corrected chi connectivity index (χ2v) is 7.38. The molecule has 0 bridgehead atoms. The van der Waals surface area contributed by atoms with E-state index in [0.717, 1.165) is 12.8 Å². The Hall–Kier alpha value is -2.26. The Balaban J connectivity index is 1.62. The first kappa shape index (κ1) is 18.1. The monoisotopic (exact) mass is 438 g/mol. The van der Waals surface area contributed by atoms with Gasteiger partial charge in [0, 0.05) is 16.8 Å². The molecule has 0 aromatic heterocycles. The maximum atomic E-state index is 12.8. The van der Waals surface area contributed by atoms with Gasteiger partial charge in [-0.2, -0.15) is 0 Å². The number of carbonyl (C=O) groups excluding carboxylic acids is 2. The van der Waals surface area contributed by atoms with Gasteiger partial charge in [0.15, 0.2) is 11.5 Å². The lowest BCUT2D eigenvalue weighted by Crippen LogP contribution is -2.45. The van der Waals surface area contributed by atoms with Gasteiger partial charge in [0.05, 0.1) is 17.7 Å². The summed E-state index contributed by atoms with van der Waals surface area (Å²) >= 11 is 3.49. The molecule has 0 radical (unpaired) electrons. The van der Waals surface area contributed by atoms with Gasteiger partial charge in [-0.1, -0.05) is 15.9 Å². The van der Waals surface area contributed by atoms with Crippen molar-refractivity contribution in [1.29, 1.82) is 0 Å². The van der Waals surface area contributed by atoms with Crippen molar-refractivity contribution in [3.63, 3.8) is 0 Å². The van der Waals surface area contributed by atoms with Gasteiger partial charge in [0.25, 0.3) is 0 Å². The van der Waals surface area contributed by atoms with E-state index in [2.05, 4.69) is 26.6 Å². The molecular formula is C18H19BrN2O6. The number of amides is 2. The predicted molar refractivity (Wildman–Crippen MR) is 97.3 cm³/mol. The highest BCUT2D eigenvalue weighted by atomic mass is 79.9. The van der Waals surface area contributed by atoms with Gasteiger partial charge in [-0.05, 0) is 37.5 Å². The molecule has 1 saturated heterocycles. The lowest BCUT2D eigenvalue weighted by molar-refractivity contribution is -0.142. The topological polar surface area (TPSA) is 95.1 Å². The molecule has 8 nitrogen and oxygen atoms in total. The van der Waals surface area contributed by atoms with Gasteiger partial charge in [-0.25, -0.2) is 9.59 Å². The summed E-state index contributed by atoms with van der Waals surface area (Å²) in [4.78, 5) is 24.8. The predicted octanol–water partition coefficient (Wildman–Crippen LogP) is 2.53. The lowest BCUT2D eigenvalue weighted by Gasteiger charge is -2.29. The molecule has 0 saturated carbocycles. The molecule has 2 N–H and O–H groups in total. The molecule has 27 heavy (non-hydrogen) atoms. The van der Waals surface area contributed by atoms with Crippen molar-refractivity contribution >= 4 is 27.9 Å². The first-order valence-electron chi connectivity index (χ1n) is 8.69. The van der Waals surface area contributed by atoms with Gasteiger partial charge in [-0.15, -0.1) is 0 Å². The Morgan fingerprint density at radius 2 is 2.11 bits per heavy atom. The average Bonchev–Trinajstić information content (AvgIpc) is 3.29. The number of hydrogen-bond acceptors (Lipinski definition) is 6. The Bertz CT molecular complexity index is 818. The fourth-order valence-electron chi connectivity index (χ4n) is 3.37. The zero-order valence-electron chi connectivity index (χ0n) is 14.7. The van der Waals surface area contributed by atoms with E-state index < -0.39 is 18.0 Å². The smallest absolute Gasteiger partial charge is 0.338 e. The van der Waals surface area contributed by atoms with Gasteiger partial charge in [0.2, 0.25) is 6.79 Å². The quantitative estimate of drug-likeness (QED) is 0.701. The number of ether oxygens (including phenoxy) is 4. The highest BCUT2D eigenvalue weighted by Crippen LogP contribution is 2.41. The molecule has 0 aliphatic carbocycles. The highest BCUT2D eigenvalue weighted by molar-refractivity contribution is 9.10. The summed E-state index contributed by atoms with van der Waals surface area (Å²) in [7, 11) is 0. The van der Waals surface area contributed by atoms with Crippen molar-refractivity contribution in [2.24, 2.45) is 0 Å². The second kappa shape index (κ2) is 7.40. The third-order valence-electron chi connectivity index (χ3n) is 4.72. The van der Waals surface area contributed by atoms with Crippen LogP contribution in [-0.4, -0.2) is 38.1 Å². The minimum Gasteiger partial charge on any atom is -0.459 e. The van der Waals surface area contributed by atoms with E-state index in [4.69, 9.17) is 18.9 Å². The van der Waals surface area contributed by atoms with E-state index >= 15 is 0 Å². The molecule has 3 heterocycles. The summed E-state index contributed by atoms with van der Waals surface area (Å²) in [6, 6.07) is 2.44. The largest absolute Gasteiger partial charge is 0.459 e. The molecule has 1 fully saturated rings. The van der Waals surface area contributed by atoms with Crippen molar-refractivity contribution < 1.29 is 28.5 Å². The van der Waals surface area contributed by atoms with Crippen LogP contribution in [0.1, 0.15) is 31.4 Å². The first-order chi connectivity index (χ1) is 13.0. The third kappa shape index (κ3) is 3.61. The summed E-state index contributed by atoms with van der Waals surface area (Å²) in [5.41, 5.74) is 1.47. The number of halogens is 1. The molecule has 2 atom stereocenters. The van der Waals surface area contributed by atoms with Crippen LogP contribution < -0.4 is 20.1 Å². The molecule has 0 spiro atoms. The van der Waals surface area contributed by atoms with Crippen molar-refractivity contribution in [3.8, 4) is 11.5 Å². The van der Waals surface area contributed by atoms with Gasteiger partial charge in [-0.3, -0.25) is 0 Å². The summed E-state index contributed by atoms with van der Waals surface area (Å²) in [6.07, 6.45) is 1.77. The van der Waals surface area contributed by atoms with E-state index in [-0.39, 0.29) is 19.5 Å². The number of nitrogens with one attached hydrogen (secondary N) is 2. The zero-order valence-corrected chi connectivity index (χ0v) is 16.3. The Morgan fingerprint density at radius 1 is 1.33 bits per heavy atom. The van der Waals surface area contributed by atoms with Crippen molar-refractivity contribution in [2.75, 3.05) is 20.0 Å². The number of hydrogen-bond donors (Lipinski definition) is 2. The lowest BCUT2D eigenvalue weighted by atomic mass is 9.95. The van der Waals surface area contributed by atoms with Crippen LogP contribution in [0, 0.1) is 0 Å². The molecule has 1 aromatic rings. The molecule has 3 aliphatic heterocycles. The maximum absolute atomic E-state index is 12.8. The highest BCUT2D eigenvalue weighted by Gasteiger charge is 2.35. The van der Waals surface area contributed by atoms with Crippen molar-refractivity contribution in [1.82, 2.24) is 10.6 Å². The number of benzene rings is 1. The third-order valence-corrected chi connectivity index (χ3v) is 5.40. The van der Waals surface area contributed by atoms with Crippen molar-refractivity contribution in [2.45, 2.75) is 31.9 Å². The second-order valence-electron chi connectivity index (χ2n) is 6.53. The Labute approximate surface area is 164 Å². The number of urea groups is 1. The molecule has 144 valence electrons. The SMILES string of the molecule is CC1=C(C(=O)OC[C@H]2CCCO2)[C@H](c2cc3c(cc2Br)OCO3)NC(=O)N1. The van der Waals surface area contributed by atoms with E-state index in [1.165, 1.54) is 0 Å². The molecule has 3 aliphatic rings. The maximum Gasteiger partial charge on any atom is 0.338 e. The van der Waals surface area contributed by atoms with Crippen LogP contribution in [0.25, 0.3) is 0 Å². The van der Waals surface area contributed by atoms with Gasteiger partial charge < -0.3 is 29.6 Å². The molecule has 2 amide bonds. The number of esters is 1. The fraction of sp³-hybridized carbons (Fsp3) is 0.444. The van der Waals surface area contributed by atoms with Crippen LogP contribution >= 0.6 is 15.9 Å². The number of carbonyl (C=O) groups is 2. The number of fused-ring (bicyclic) bond motifs is 1. The van der Waals surface area contributed by atoms with Gasteiger partial charge >= 0.3 is 12.0 Å². The van der Waals surface area contributed by atoms with Crippen LogP contribution in [0.5, 0.6) is 11.5 Å². The molecule has 4 rings (SSSR count). The molecular weight excluding hydrogens is 420 g/mol. The summed E-state index contributed by atoms with van der Waals surface area (Å²) in [5.74, 6) is 0.671. The van der Waals surface area contributed by atoms with Crippen LogP contribution in [0.4, 0.5) is 4.79 Å². The number of rotatable bonds is 4. The van der Waals surface area contributed by atoms with Crippen LogP contribution in [0.2, 0.25) is 0 Å². The standard InChI is InChI=1S/C18H19BrN2O6/c1-9-15(17(22)25-7-10-3-2-4-24-10)16(21-18(23)20-9)11-5-13-14(6-12(11)19)27-8-26-13/h5-6,10,16H,2-4,7-8H2,1H3,(H2,20,21,23)/t10-,16+/m1/s1. The Kier molecular flexibility index (Phi) is 4.96. The zero-order chi connectivity index (χ0) is 19.0. The minimum atomic E-state index is -0.681. The summed E-state index contributed by atoms with van der Waals surface area (Å²) in [5, 5.41) is 5.42. The van der Waals surface area contributed by atoms with Crippen LogP contribution in [0.15, 0.2) is 27.9 Å². The Morgan fingerprint density at radius 3 is 2.85 bits per heavy atom. The summed E-state index contributed by atoms with van der Waals surface area (Å²) in [6.45, 7) is 2.69. The van der Waals surface area contributed by atoms with Crippen LogP contribution in [0.3, 0.4) is 0 Å². The summed E-state index contributed by atoms with van der Waals surface area (Å²) < 4.78 is 22.5. The van der Waals surface area contributed by atoms with E-state index in [0.29, 0.717) is 39.4 Å². The first-order valence-corrected chi connectivity index (χ1v) is 9.48. The molecule has 0 unspecified atom stereocenters. The van der Waals surface area contributed by atoms with Gasteiger partial charge in [0.1, 0.15) is 6.61 Å². The number of allylic oxidation sites excluding steroid dienone is 1. The average molecular weight is 439 g/mol. The van der Waals surface area contributed by atoms with E-state index in [1.54, 1.807) is 19.1 Å². The fourth-order valence-corrected chi connectivity index (χ4v) is 3.93. The normalized spacial score (nSPS) is 23.9. The van der Waals surface area contributed by atoms with Crippen molar-refractivity contribution in [3.05, 3.63) is 33.4 Å². The van der Waals surface area contributed by atoms with E-state index in [1.807, 2.05) is 0 Å². The van der Waals surface area contributed by atoms with Crippen LogP contribution in [-0.2, 0) is 14.3 Å². The van der Waals surface area contributed by atoms with E-state index in [9.17, 15) is 9.59 Å². The minimum absolute atomic E-state index is 0.0725. The molecule has 9 heteroatoms.